The summed E-state index contributed by atoms with van der Waals surface area (Å²) in [6.07, 6.45) is 4.47. The summed E-state index contributed by atoms with van der Waals surface area (Å²) in [5.74, 6) is 0.459. The van der Waals surface area contributed by atoms with E-state index in [1.807, 2.05) is 37.3 Å². The van der Waals surface area contributed by atoms with Crippen LogP contribution in [0, 0.1) is 0 Å². The molecule has 32 heavy (non-hydrogen) atoms. The Balaban J connectivity index is 1.86. The standard InChI is InChI=1S/C24H32N2O5S/c1-18(19-10-6-4-7-11-19)25-24(27)17-26(20-12-8-5-9-13-20)32(28,29)21-14-15-22(30-2)23(16-21)31-3/h4,6-7,10-11,14-16,18,20H,5,8-9,12-13,17H2,1-3H3,(H,25,27)/t18-/m0/s1. The summed E-state index contributed by atoms with van der Waals surface area (Å²) in [5.41, 5.74) is 0.966. The van der Waals surface area contributed by atoms with E-state index in [1.54, 1.807) is 6.07 Å². The molecule has 1 amide bonds. The van der Waals surface area contributed by atoms with E-state index in [2.05, 4.69) is 5.32 Å². The van der Waals surface area contributed by atoms with Gasteiger partial charge in [-0.1, -0.05) is 49.6 Å². The maximum Gasteiger partial charge on any atom is 0.243 e. The van der Waals surface area contributed by atoms with Crippen LogP contribution in [-0.2, 0) is 14.8 Å². The molecule has 0 unspecified atom stereocenters. The van der Waals surface area contributed by atoms with Gasteiger partial charge in [-0.15, -0.1) is 0 Å². The van der Waals surface area contributed by atoms with E-state index < -0.39 is 10.0 Å². The molecule has 174 valence electrons. The van der Waals surface area contributed by atoms with Crippen molar-refractivity contribution < 1.29 is 22.7 Å². The van der Waals surface area contributed by atoms with Crippen molar-refractivity contribution in [2.75, 3.05) is 20.8 Å². The largest absolute Gasteiger partial charge is 0.493 e. The van der Waals surface area contributed by atoms with Gasteiger partial charge >= 0.3 is 0 Å². The van der Waals surface area contributed by atoms with Crippen LogP contribution in [0.1, 0.15) is 50.6 Å². The Morgan fingerprint density at radius 3 is 2.31 bits per heavy atom. The second-order valence-electron chi connectivity index (χ2n) is 8.06. The Morgan fingerprint density at radius 1 is 1.03 bits per heavy atom. The van der Waals surface area contributed by atoms with Gasteiger partial charge in [-0.25, -0.2) is 8.42 Å². The first-order chi connectivity index (χ1) is 15.4. The number of carbonyl (C=O) groups is 1. The Hall–Kier alpha value is -2.58. The van der Waals surface area contributed by atoms with Crippen LogP contribution in [0.25, 0.3) is 0 Å². The first-order valence-electron chi connectivity index (χ1n) is 10.9. The van der Waals surface area contributed by atoms with Gasteiger partial charge in [-0.2, -0.15) is 4.31 Å². The van der Waals surface area contributed by atoms with Gasteiger partial charge in [0.25, 0.3) is 0 Å². The molecule has 2 aromatic carbocycles. The topological polar surface area (TPSA) is 84.9 Å². The van der Waals surface area contributed by atoms with Crippen LogP contribution < -0.4 is 14.8 Å². The van der Waals surface area contributed by atoms with Gasteiger partial charge in [0.05, 0.1) is 31.7 Å². The molecule has 1 aliphatic carbocycles. The number of sulfonamides is 1. The van der Waals surface area contributed by atoms with E-state index in [1.165, 1.54) is 30.7 Å². The minimum atomic E-state index is -3.92. The van der Waals surface area contributed by atoms with Gasteiger partial charge in [-0.3, -0.25) is 4.79 Å². The molecule has 1 saturated carbocycles. The molecule has 0 saturated heterocycles. The minimum Gasteiger partial charge on any atom is -0.493 e. The molecular weight excluding hydrogens is 428 g/mol. The van der Waals surface area contributed by atoms with Crippen molar-refractivity contribution in [1.82, 2.24) is 9.62 Å². The van der Waals surface area contributed by atoms with Crippen molar-refractivity contribution in [1.29, 1.82) is 0 Å². The number of methoxy groups -OCH3 is 2. The quantitative estimate of drug-likeness (QED) is 0.613. The van der Waals surface area contributed by atoms with Crippen LogP contribution in [0.4, 0.5) is 0 Å². The van der Waals surface area contributed by atoms with E-state index in [9.17, 15) is 13.2 Å². The van der Waals surface area contributed by atoms with Crippen molar-refractivity contribution in [2.24, 2.45) is 0 Å². The Bertz CT molecular complexity index is 1000. The Kier molecular flexibility index (Phi) is 8.15. The normalized spacial score (nSPS) is 15.9. The van der Waals surface area contributed by atoms with Crippen LogP contribution in [-0.4, -0.2) is 45.4 Å². The molecule has 0 bridgehead atoms. The van der Waals surface area contributed by atoms with Crippen molar-refractivity contribution in [3.63, 3.8) is 0 Å². The summed E-state index contributed by atoms with van der Waals surface area (Å²) in [5, 5.41) is 2.94. The van der Waals surface area contributed by atoms with E-state index in [0.29, 0.717) is 11.5 Å². The van der Waals surface area contributed by atoms with Crippen molar-refractivity contribution in [2.45, 2.75) is 56.0 Å². The van der Waals surface area contributed by atoms with E-state index >= 15 is 0 Å². The maximum atomic E-state index is 13.6. The van der Waals surface area contributed by atoms with Gasteiger partial charge in [0, 0.05) is 12.1 Å². The molecule has 0 radical (unpaired) electrons. The second-order valence-corrected chi connectivity index (χ2v) is 9.95. The van der Waals surface area contributed by atoms with Crippen molar-refractivity contribution >= 4 is 15.9 Å². The maximum absolute atomic E-state index is 13.6. The zero-order chi connectivity index (χ0) is 23.1. The van der Waals surface area contributed by atoms with Crippen molar-refractivity contribution in [3.8, 4) is 11.5 Å². The van der Waals surface area contributed by atoms with Crippen LogP contribution in [0.5, 0.6) is 11.5 Å². The highest BCUT2D eigenvalue weighted by atomic mass is 32.2. The summed E-state index contributed by atoms with van der Waals surface area (Å²) in [6, 6.07) is 13.7. The second kappa shape index (κ2) is 10.8. The van der Waals surface area contributed by atoms with Crippen LogP contribution in [0.15, 0.2) is 53.4 Å². The number of hydrogen-bond donors (Lipinski definition) is 1. The average molecular weight is 461 g/mol. The average Bonchev–Trinajstić information content (AvgIpc) is 2.83. The fourth-order valence-electron chi connectivity index (χ4n) is 4.15. The number of benzene rings is 2. The number of rotatable bonds is 9. The van der Waals surface area contributed by atoms with Crippen LogP contribution in [0.2, 0.25) is 0 Å². The minimum absolute atomic E-state index is 0.0876. The third-order valence-electron chi connectivity index (χ3n) is 5.92. The lowest BCUT2D eigenvalue weighted by Crippen LogP contribution is -2.47. The summed E-state index contributed by atoms with van der Waals surface area (Å²) >= 11 is 0. The van der Waals surface area contributed by atoms with E-state index in [4.69, 9.17) is 9.47 Å². The number of amides is 1. The Morgan fingerprint density at radius 2 is 1.69 bits per heavy atom. The van der Waals surface area contributed by atoms with Gasteiger partial charge in [0.1, 0.15) is 0 Å². The van der Waals surface area contributed by atoms with Crippen molar-refractivity contribution in [3.05, 3.63) is 54.1 Å². The molecule has 1 fully saturated rings. The molecule has 0 aliphatic heterocycles. The molecule has 0 spiro atoms. The van der Waals surface area contributed by atoms with Gasteiger partial charge in [-0.05, 0) is 37.5 Å². The molecule has 1 aliphatic rings. The molecular formula is C24H32N2O5S. The summed E-state index contributed by atoms with van der Waals surface area (Å²) in [4.78, 5) is 13.0. The number of carbonyl (C=O) groups excluding carboxylic acids is 1. The predicted molar refractivity (Wildman–Crippen MR) is 123 cm³/mol. The zero-order valence-corrected chi connectivity index (χ0v) is 19.7. The van der Waals surface area contributed by atoms with Crippen LogP contribution >= 0.6 is 0 Å². The number of hydrogen-bond acceptors (Lipinski definition) is 5. The number of nitrogens with one attached hydrogen (secondary N) is 1. The monoisotopic (exact) mass is 460 g/mol. The first-order valence-corrected chi connectivity index (χ1v) is 12.4. The van der Waals surface area contributed by atoms with E-state index in [0.717, 1.165) is 37.7 Å². The molecule has 7 nitrogen and oxygen atoms in total. The molecule has 1 atom stereocenters. The highest BCUT2D eigenvalue weighted by Crippen LogP contribution is 2.33. The summed E-state index contributed by atoms with van der Waals surface area (Å²) < 4.78 is 39.2. The lowest BCUT2D eigenvalue weighted by Gasteiger charge is -2.33. The Labute approximate surface area is 190 Å². The van der Waals surface area contributed by atoms with Gasteiger partial charge < -0.3 is 14.8 Å². The van der Waals surface area contributed by atoms with Gasteiger partial charge in [0.2, 0.25) is 15.9 Å². The fraction of sp³-hybridized carbons (Fsp3) is 0.458. The van der Waals surface area contributed by atoms with Gasteiger partial charge in [0.15, 0.2) is 11.5 Å². The molecule has 8 heteroatoms. The highest BCUT2D eigenvalue weighted by Gasteiger charge is 2.34. The predicted octanol–water partition coefficient (Wildman–Crippen LogP) is 3.90. The molecule has 3 rings (SSSR count). The number of ether oxygens (including phenoxy) is 2. The lowest BCUT2D eigenvalue weighted by molar-refractivity contribution is -0.122. The van der Waals surface area contributed by atoms with E-state index in [-0.39, 0.29) is 29.4 Å². The molecule has 1 N–H and O–H groups in total. The third-order valence-corrected chi connectivity index (χ3v) is 7.81. The number of nitrogens with zero attached hydrogens (tertiary/aromatic N) is 1. The first kappa shape index (κ1) is 24.1. The molecule has 0 heterocycles. The fourth-order valence-corrected chi connectivity index (χ4v) is 5.80. The SMILES string of the molecule is COc1ccc(S(=O)(=O)N(CC(=O)N[C@@H](C)c2ccccc2)C2CCCCC2)cc1OC. The zero-order valence-electron chi connectivity index (χ0n) is 18.9. The lowest BCUT2D eigenvalue weighted by atomic mass is 9.95. The smallest absolute Gasteiger partial charge is 0.243 e. The molecule has 2 aromatic rings. The summed E-state index contributed by atoms with van der Waals surface area (Å²) in [6.45, 7) is 1.67. The third kappa shape index (κ3) is 5.61. The highest BCUT2D eigenvalue weighted by molar-refractivity contribution is 7.89. The van der Waals surface area contributed by atoms with Crippen LogP contribution in [0.3, 0.4) is 0 Å². The molecule has 0 aromatic heterocycles. The summed E-state index contributed by atoms with van der Waals surface area (Å²) in [7, 11) is -0.954.